The number of halogens is 3. The summed E-state index contributed by atoms with van der Waals surface area (Å²) in [5.41, 5.74) is -0.678. The number of rotatable bonds is 6. The van der Waals surface area contributed by atoms with Gasteiger partial charge in [-0.15, -0.1) is 6.58 Å². The minimum atomic E-state index is -4.45. The van der Waals surface area contributed by atoms with E-state index in [0.29, 0.717) is 0 Å². The number of nitrogens with one attached hydrogen (secondary N) is 2. The quantitative estimate of drug-likeness (QED) is 0.786. The molecule has 0 aliphatic rings. The molecule has 0 saturated carbocycles. The van der Waals surface area contributed by atoms with Crippen LogP contribution in [0.3, 0.4) is 0 Å². The van der Waals surface area contributed by atoms with Crippen LogP contribution in [0.1, 0.15) is 11.1 Å². The van der Waals surface area contributed by atoms with E-state index in [0.717, 1.165) is 6.07 Å². The fourth-order valence-electron chi connectivity index (χ4n) is 1.90. The van der Waals surface area contributed by atoms with Gasteiger partial charge in [0.25, 0.3) is 0 Å². The maximum absolute atomic E-state index is 12.9. The third-order valence-corrected chi connectivity index (χ3v) is 2.84. The first-order valence-electron chi connectivity index (χ1n) is 6.76. The van der Waals surface area contributed by atoms with Crippen LogP contribution in [0.5, 0.6) is 0 Å². The van der Waals surface area contributed by atoms with Crippen molar-refractivity contribution < 1.29 is 22.8 Å². The van der Waals surface area contributed by atoms with E-state index >= 15 is 0 Å². The van der Waals surface area contributed by atoms with Crippen LogP contribution in [-0.2, 0) is 17.5 Å². The lowest BCUT2D eigenvalue weighted by atomic mass is 10.1. The zero-order valence-electron chi connectivity index (χ0n) is 12.6. The highest BCUT2D eigenvalue weighted by Crippen LogP contribution is 2.32. The van der Waals surface area contributed by atoms with E-state index in [1.807, 2.05) is 0 Å². The summed E-state index contributed by atoms with van der Waals surface area (Å²) >= 11 is 0. The maximum atomic E-state index is 12.9. The average molecular weight is 329 g/mol. The summed E-state index contributed by atoms with van der Waals surface area (Å²) in [6.45, 7) is 3.32. The average Bonchev–Trinajstić information content (AvgIpc) is 2.44. The van der Waals surface area contributed by atoms with Crippen molar-refractivity contribution in [1.82, 2.24) is 15.5 Å². The van der Waals surface area contributed by atoms with Gasteiger partial charge in [0, 0.05) is 13.1 Å². The number of amides is 3. The molecule has 2 N–H and O–H groups in total. The first-order valence-corrected chi connectivity index (χ1v) is 6.76. The van der Waals surface area contributed by atoms with Crippen LogP contribution < -0.4 is 10.6 Å². The number of carbonyl (C=O) groups is 2. The minimum absolute atomic E-state index is 0.0615. The van der Waals surface area contributed by atoms with Crippen LogP contribution >= 0.6 is 0 Å². The normalized spacial score (nSPS) is 11.2. The Hall–Kier alpha value is -2.35. The minimum Gasteiger partial charge on any atom is -0.334 e. The molecule has 0 aromatic heterocycles. The van der Waals surface area contributed by atoms with Gasteiger partial charge in [0.05, 0.1) is 12.1 Å². The highest BCUT2D eigenvalue weighted by molar-refractivity contribution is 5.95. The molecule has 0 bridgehead atoms. The summed E-state index contributed by atoms with van der Waals surface area (Å²) in [6.07, 6.45) is -3.01. The molecule has 5 nitrogen and oxygen atoms in total. The van der Waals surface area contributed by atoms with Crippen molar-refractivity contribution in [3.8, 4) is 0 Å². The molecular formula is C15H18F3N3O2. The summed E-state index contributed by atoms with van der Waals surface area (Å²) in [4.78, 5) is 24.3. The molecule has 3 amide bonds. The molecular weight excluding hydrogens is 311 g/mol. The van der Waals surface area contributed by atoms with Gasteiger partial charge in [0.1, 0.15) is 0 Å². The summed E-state index contributed by atoms with van der Waals surface area (Å²) in [7, 11) is 1.49. The highest BCUT2D eigenvalue weighted by Gasteiger charge is 2.33. The van der Waals surface area contributed by atoms with Crippen LogP contribution in [0, 0.1) is 0 Å². The first-order chi connectivity index (χ1) is 10.7. The third-order valence-electron chi connectivity index (χ3n) is 2.84. The molecule has 0 atom stereocenters. The summed E-state index contributed by atoms with van der Waals surface area (Å²) in [5, 5.41) is 4.43. The summed E-state index contributed by atoms with van der Waals surface area (Å²) in [6, 6.07) is 4.48. The van der Waals surface area contributed by atoms with Crippen molar-refractivity contribution in [2.75, 3.05) is 20.1 Å². The molecule has 0 unspecified atom stereocenters. The second-order valence-electron chi connectivity index (χ2n) is 4.87. The van der Waals surface area contributed by atoms with Crippen LogP contribution in [0.25, 0.3) is 0 Å². The first kappa shape index (κ1) is 18.7. The van der Waals surface area contributed by atoms with Crippen molar-refractivity contribution >= 4 is 11.9 Å². The van der Waals surface area contributed by atoms with Crippen molar-refractivity contribution in [3.63, 3.8) is 0 Å². The van der Waals surface area contributed by atoms with Gasteiger partial charge in [-0.3, -0.25) is 15.0 Å². The zero-order valence-corrected chi connectivity index (χ0v) is 12.6. The molecule has 0 aliphatic heterocycles. The smallest absolute Gasteiger partial charge is 0.334 e. The standard InChI is InChI=1S/C15H18F3N3O2/c1-3-8-19-14(23)20-13(22)10-21(2)9-11-6-4-5-7-12(11)15(16,17)18/h3-7H,1,8-10H2,2H3,(H2,19,20,22,23). The SMILES string of the molecule is C=CCNC(=O)NC(=O)CN(C)Cc1ccccc1C(F)(F)F. The van der Waals surface area contributed by atoms with Gasteiger partial charge in [-0.05, 0) is 18.7 Å². The van der Waals surface area contributed by atoms with Gasteiger partial charge >= 0.3 is 12.2 Å². The molecule has 0 aliphatic carbocycles. The molecule has 0 radical (unpaired) electrons. The van der Waals surface area contributed by atoms with E-state index < -0.39 is 23.7 Å². The second-order valence-corrected chi connectivity index (χ2v) is 4.87. The van der Waals surface area contributed by atoms with Crippen LogP contribution in [0.4, 0.5) is 18.0 Å². The number of hydrogen-bond donors (Lipinski definition) is 2. The molecule has 8 heteroatoms. The largest absolute Gasteiger partial charge is 0.416 e. The topological polar surface area (TPSA) is 61.4 Å². The predicted molar refractivity (Wildman–Crippen MR) is 79.5 cm³/mol. The van der Waals surface area contributed by atoms with Gasteiger partial charge in [-0.25, -0.2) is 4.79 Å². The molecule has 0 fully saturated rings. The Morgan fingerprint density at radius 1 is 1.30 bits per heavy atom. The predicted octanol–water partition coefficient (Wildman–Crippen LogP) is 2.15. The van der Waals surface area contributed by atoms with Gasteiger partial charge in [0.15, 0.2) is 0 Å². The van der Waals surface area contributed by atoms with E-state index in [-0.39, 0.29) is 25.2 Å². The number of urea groups is 1. The molecule has 1 rings (SSSR count). The van der Waals surface area contributed by atoms with Crippen molar-refractivity contribution in [2.24, 2.45) is 0 Å². The highest BCUT2D eigenvalue weighted by atomic mass is 19.4. The maximum Gasteiger partial charge on any atom is 0.416 e. The molecule has 0 heterocycles. The Morgan fingerprint density at radius 2 is 1.96 bits per heavy atom. The van der Waals surface area contributed by atoms with Crippen LogP contribution in [0.2, 0.25) is 0 Å². The molecule has 126 valence electrons. The zero-order chi connectivity index (χ0) is 17.5. The number of nitrogens with zero attached hydrogens (tertiary/aromatic N) is 1. The monoisotopic (exact) mass is 329 g/mol. The Bertz CT molecular complexity index is 573. The van der Waals surface area contributed by atoms with Gasteiger partial charge in [-0.1, -0.05) is 24.3 Å². The summed E-state index contributed by atoms with van der Waals surface area (Å²) < 4.78 is 38.7. The molecule has 1 aromatic rings. The lowest BCUT2D eigenvalue weighted by Crippen LogP contribution is -2.43. The number of carbonyl (C=O) groups excluding carboxylic acids is 2. The summed E-state index contributed by atoms with van der Waals surface area (Å²) in [5.74, 6) is -0.612. The molecule has 0 saturated heterocycles. The van der Waals surface area contributed by atoms with E-state index in [1.54, 1.807) is 0 Å². The Kier molecular flexibility index (Phi) is 6.77. The van der Waals surface area contributed by atoms with Crippen molar-refractivity contribution in [2.45, 2.75) is 12.7 Å². The van der Waals surface area contributed by atoms with Gasteiger partial charge in [-0.2, -0.15) is 13.2 Å². The number of imide groups is 1. The van der Waals surface area contributed by atoms with Crippen molar-refractivity contribution in [3.05, 3.63) is 48.0 Å². The number of hydrogen-bond acceptors (Lipinski definition) is 3. The van der Waals surface area contributed by atoms with Crippen LogP contribution in [0.15, 0.2) is 36.9 Å². The van der Waals surface area contributed by atoms with E-state index in [2.05, 4.69) is 17.2 Å². The lowest BCUT2D eigenvalue weighted by Gasteiger charge is -2.19. The third kappa shape index (κ3) is 6.52. The van der Waals surface area contributed by atoms with Crippen molar-refractivity contribution in [1.29, 1.82) is 0 Å². The van der Waals surface area contributed by atoms with E-state index in [1.165, 1.54) is 36.2 Å². The Balaban J connectivity index is 2.60. The Morgan fingerprint density at radius 3 is 2.57 bits per heavy atom. The van der Waals surface area contributed by atoms with Crippen LogP contribution in [-0.4, -0.2) is 37.0 Å². The van der Waals surface area contributed by atoms with Gasteiger partial charge in [0.2, 0.25) is 5.91 Å². The van der Waals surface area contributed by atoms with E-state index in [9.17, 15) is 22.8 Å². The molecule has 0 spiro atoms. The lowest BCUT2D eigenvalue weighted by molar-refractivity contribution is -0.138. The molecule has 23 heavy (non-hydrogen) atoms. The van der Waals surface area contributed by atoms with E-state index in [4.69, 9.17) is 0 Å². The number of alkyl halides is 3. The van der Waals surface area contributed by atoms with Gasteiger partial charge < -0.3 is 5.32 Å². The molecule has 1 aromatic carbocycles. The fraction of sp³-hybridized carbons (Fsp3) is 0.333. The number of likely N-dealkylation sites (N-methyl/N-ethyl adjacent to an activating group) is 1. The number of benzene rings is 1. The second kappa shape index (κ2) is 8.33. The fourth-order valence-corrected chi connectivity index (χ4v) is 1.90. The Labute approximate surface area is 132 Å².